The fourth-order valence-electron chi connectivity index (χ4n) is 9.59. The molecule has 0 heterocycles. The van der Waals surface area contributed by atoms with Gasteiger partial charge in [0.25, 0.3) is 0 Å². The van der Waals surface area contributed by atoms with Gasteiger partial charge in [0, 0.05) is 13.7 Å². The van der Waals surface area contributed by atoms with Crippen molar-refractivity contribution in [3.63, 3.8) is 0 Å². The molecule has 0 aromatic heterocycles. The molecule has 186 valence electrons. The summed E-state index contributed by atoms with van der Waals surface area (Å²) in [6, 6.07) is 0. The third-order valence-corrected chi connectivity index (χ3v) is 11.7. The zero-order valence-electron chi connectivity index (χ0n) is 22.0. The van der Waals surface area contributed by atoms with Gasteiger partial charge in [-0.05, 0) is 137 Å². The van der Waals surface area contributed by atoms with E-state index in [4.69, 9.17) is 4.74 Å². The molecule has 4 saturated carbocycles. The van der Waals surface area contributed by atoms with Crippen LogP contribution in [-0.2, 0) is 4.74 Å². The summed E-state index contributed by atoms with van der Waals surface area (Å²) < 4.78 is 5.20. The van der Waals surface area contributed by atoms with E-state index >= 15 is 0 Å². The lowest BCUT2D eigenvalue weighted by molar-refractivity contribution is -0.148. The normalized spacial score (nSPS) is 48.9. The molecular weight excluding hydrogens is 396 g/mol. The summed E-state index contributed by atoms with van der Waals surface area (Å²) in [6.07, 6.45) is 14.3. The average molecular weight is 449 g/mol. The van der Waals surface area contributed by atoms with Crippen molar-refractivity contribution in [1.82, 2.24) is 0 Å². The van der Waals surface area contributed by atoms with Crippen molar-refractivity contribution in [2.75, 3.05) is 13.7 Å². The van der Waals surface area contributed by atoms with Gasteiger partial charge in [0.1, 0.15) is 0 Å². The van der Waals surface area contributed by atoms with Gasteiger partial charge in [-0.15, -0.1) is 0 Å². The topological polar surface area (TPSA) is 49.7 Å². The Labute approximate surface area is 198 Å². The summed E-state index contributed by atoms with van der Waals surface area (Å²) >= 11 is 0. The standard InChI is InChI=1S/C29H52O3/c1-20(11-13-26(2,30)17-18-32-6)23-9-10-24-22-8-7-21-19-27(3,31)15-16-28(21,4)25(22)12-14-29(23,24)5/h20-25,30-31H,7-19H2,1-6H3. The Kier molecular flexibility index (Phi) is 6.89. The van der Waals surface area contributed by atoms with E-state index in [2.05, 4.69) is 27.7 Å². The molecule has 0 aromatic carbocycles. The number of aliphatic hydroxyl groups is 2. The van der Waals surface area contributed by atoms with E-state index in [1.54, 1.807) is 7.11 Å². The molecule has 0 bridgehead atoms. The molecule has 4 aliphatic rings. The fraction of sp³-hybridized carbons (Fsp3) is 1.00. The molecule has 3 nitrogen and oxygen atoms in total. The molecule has 0 radical (unpaired) electrons. The SMILES string of the molecule is COCCC(C)(O)CCC(C)C1CCC2C3CCC4CC(C)(O)CCC4(C)C3CCC12C. The van der Waals surface area contributed by atoms with Gasteiger partial charge in [-0.25, -0.2) is 0 Å². The minimum atomic E-state index is -0.601. The Morgan fingerprint density at radius 3 is 2.38 bits per heavy atom. The van der Waals surface area contributed by atoms with Crippen LogP contribution in [-0.4, -0.2) is 35.1 Å². The van der Waals surface area contributed by atoms with Gasteiger partial charge in [0.05, 0.1) is 11.2 Å². The van der Waals surface area contributed by atoms with Crippen LogP contribution >= 0.6 is 0 Å². The predicted molar refractivity (Wildman–Crippen MR) is 131 cm³/mol. The predicted octanol–water partition coefficient (Wildman–Crippen LogP) is 6.60. The number of fused-ring (bicyclic) bond motifs is 5. The molecule has 0 aliphatic heterocycles. The lowest BCUT2D eigenvalue weighted by Gasteiger charge is -2.62. The summed E-state index contributed by atoms with van der Waals surface area (Å²) in [6.45, 7) is 12.4. The van der Waals surface area contributed by atoms with Crippen LogP contribution in [0.5, 0.6) is 0 Å². The van der Waals surface area contributed by atoms with Crippen LogP contribution in [0.1, 0.15) is 112 Å². The first-order chi connectivity index (χ1) is 14.9. The highest BCUT2D eigenvalue weighted by atomic mass is 16.5. The van der Waals surface area contributed by atoms with Crippen LogP contribution < -0.4 is 0 Å². The van der Waals surface area contributed by atoms with Crippen LogP contribution in [0.15, 0.2) is 0 Å². The number of rotatable bonds is 7. The quantitative estimate of drug-likeness (QED) is 0.461. The molecular formula is C29H52O3. The van der Waals surface area contributed by atoms with Crippen molar-refractivity contribution < 1.29 is 14.9 Å². The van der Waals surface area contributed by atoms with Gasteiger partial charge in [-0.1, -0.05) is 20.8 Å². The van der Waals surface area contributed by atoms with Crippen LogP contribution in [0.3, 0.4) is 0 Å². The van der Waals surface area contributed by atoms with E-state index in [0.717, 1.165) is 61.7 Å². The molecule has 0 aromatic rings. The molecule has 0 spiro atoms. The highest BCUT2D eigenvalue weighted by Crippen LogP contribution is 2.68. The van der Waals surface area contributed by atoms with Crippen molar-refractivity contribution in [3.05, 3.63) is 0 Å². The third-order valence-electron chi connectivity index (χ3n) is 11.7. The van der Waals surface area contributed by atoms with E-state index in [9.17, 15) is 10.2 Å². The summed E-state index contributed by atoms with van der Waals surface area (Å²) in [4.78, 5) is 0. The van der Waals surface area contributed by atoms with Crippen molar-refractivity contribution in [1.29, 1.82) is 0 Å². The number of hydrogen-bond donors (Lipinski definition) is 2. The molecule has 4 aliphatic carbocycles. The van der Waals surface area contributed by atoms with Gasteiger partial charge in [-0.3, -0.25) is 0 Å². The Morgan fingerprint density at radius 1 is 0.938 bits per heavy atom. The van der Waals surface area contributed by atoms with E-state index in [1.807, 2.05) is 6.92 Å². The zero-order chi connectivity index (χ0) is 23.4. The maximum Gasteiger partial charge on any atom is 0.0641 e. The van der Waals surface area contributed by atoms with Crippen molar-refractivity contribution >= 4 is 0 Å². The number of hydrogen-bond acceptors (Lipinski definition) is 3. The van der Waals surface area contributed by atoms with Gasteiger partial charge >= 0.3 is 0 Å². The van der Waals surface area contributed by atoms with Crippen LogP contribution in [0.25, 0.3) is 0 Å². The van der Waals surface area contributed by atoms with E-state index in [-0.39, 0.29) is 0 Å². The summed E-state index contributed by atoms with van der Waals surface area (Å²) in [5.41, 5.74) is -0.0902. The van der Waals surface area contributed by atoms with E-state index < -0.39 is 11.2 Å². The second kappa shape index (κ2) is 8.83. The third kappa shape index (κ3) is 4.44. The monoisotopic (exact) mass is 448 g/mol. The minimum Gasteiger partial charge on any atom is -0.390 e. The Bertz CT molecular complexity index is 657. The van der Waals surface area contributed by atoms with Gasteiger partial charge < -0.3 is 14.9 Å². The molecule has 4 fully saturated rings. The van der Waals surface area contributed by atoms with E-state index in [0.29, 0.717) is 23.4 Å². The molecule has 10 unspecified atom stereocenters. The van der Waals surface area contributed by atoms with Crippen LogP contribution in [0.4, 0.5) is 0 Å². The van der Waals surface area contributed by atoms with Gasteiger partial charge in [0.2, 0.25) is 0 Å². The maximum absolute atomic E-state index is 10.8. The average Bonchev–Trinajstić information content (AvgIpc) is 3.08. The first kappa shape index (κ1) is 25.0. The molecule has 0 saturated heterocycles. The fourth-order valence-corrected chi connectivity index (χ4v) is 9.59. The summed E-state index contributed by atoms with van der Waals surface area (Å²) in [5.74, 6) is 4.89. The summed E-state index contributed by atoms with van der Waals surface area (Å²) in [7, 11) is 1.72. The maximum atomic E-state index is 10.8. The second-order valence-corrected chi connectivity index (χ2v) is 13.8. The zero-order valence-corrected chi connectivity index (χ0v) is 22.0. The molecule has 10 atom stereocenters. The highest BCUT2D eigenvalue weighted by molar-refractivity contribution is 5.10. The highest BCUT2D eigenvalue weighted by Gasteiger charge is 2.61. The Morgan fingerprint density at radius 2 is 1.66 bits per heavy atom. The molecule has 32 heavy (non-hydrogen) atoms. The number of ether oxygens (including phenoxy) is 1. The Hall–Kier alpha value is -0.120. The smallest absolute Gasteiger partial charge is 0.0641 e. The molecule has 4 rings (SSSR count). The number of methoxy groups -OCH3 is 1. The molecule has 3 heteroatoms. The lowest BCUT2D eigenvalue weighted by atomic mass is 9.43. The van der Waals surface area contributed by atoms with Gasteiger partial charge in [-0.2, -0.15) is 0 Å². The first-order valence-electron chi connectivity index (χ1n) is 13.9. The van der Waals surface area contributed by atoms with Gasteiger partial charge in [0.15, 0.2) is 0 Å². The minimum absolute atomic E-state index is 0.432. The second-order valence-electron chi connectivity index (χ2n) is 13.8. The lowest BCUT2D eigenvalue weighted by Crippen LogP contribution is -2.55. The molecule has 0 amide bonds. The van der Waals surface area contributed by atoms with E-state index in [1.165, 1.54) is 44.9 Å². The van der Waals surface area contributed by atoms with Crippen molar-refractivity contribution in [2.45, 2.75) is 123 Å². The van der Waals surface area contributed by atoms with Crippen LogP contribution in [0, 0.1) is 46.3 Å². The van der Waals surface area contributed by atoms with Crippen molar-refractivity contribution in [3.8, 4) is 0 Å². The summed E-state index contributed by atoms with van der Waals surface area (Å²) in [5, 5.41) is 21.5. The van der Waals surface area contributed by atoms with Crippen molar-refractivity contribution in [2.24, 2.45) is 46.3 Å². The first-order valence-corrected chi connectivity index (χ1v) is 13.9. The largest absolute Gasteiger partial charge is 0.390 e. The van der Waals surface area contributed by atoms with Crippen LogP contribution in [0.2, 0.25) is 0 Å². The Balaban J connectivity index is 1.43. The molecule has 2 N–H and O–H groups in total.